The highest BCUT2D eigenvalue weighted by Gasteiger charge is 2.30. The van der Waals surface area contributed by atoms with Crippen molar-refractivity contribution in [2.75, 3.05) is 0 Å². The van der Waals surface area contributed by atoms with E-state index in [0.717, 1.165) is 12.1 Å². The third-order valence-corrected chi connectivity index (χ3v) is 2.29. The van der Waals surface area contributed by atoms with Gasteiger partial charge in [-0.2, -0.15) is 13.2 Å². The lowest BCUT2D eigenvalue weighted by Gasteiger charge is -2.11. The molecule has 0 aromatic heterocycles. The van der Waals surface area contributed by atoms with Crippen LogP contribution in [0.15, 0.2) is 24.3 Å². The Kier molecular flexibility index (Phi) is 4.59. The van der Waals surface area contributed by atoms with Gasteiger partial charge < -0.3 is 5.73 Å². The van der Waals surface area contributed by atoms with Gasteiger partial charge in [-0.3, -0.25) is 0 Å². The molecule has 0 fully saturated rings. The zero-order valence-electron chi connectivity index (χ0n) is 9.51. The second-order valence-corrected chi connectivity index (χ2v) is 3.79. The number of alkyl halides is 3. The van der Waals surface area contributed by atoms with E-state index in [4.69, 9.17) is 5.73 Å². The Balaban J connectivity index is 2.74. The standard InChI is InChI=1S/C13H14F3N/c1-2-3-7-12(17)9-10-5-4-6-11(8-10)13(14,15)16/h4-6,8,12H,7,9,17H2,1H3. The quantitative estimate of drug-likeness (QED) is 0.809. The molecule has 4 heteroatoms. The molecule has 0 aliphatic heterocycles. The third kappa shape index (κ3) is 4.49. The maximum absolute atomic E-state index is 12.5. The smallest absolute Gasteiger partial charge is 0.327 e. The van der Waals surface area contributed by atoms with E-state index in [1.807, 2.05) is 0 Å². The van der Waals surface area contributed by atoms with Crippen molar-refractivity contribution in [1.29, 1.82) is 0 Å². The number of hydrogen-bond donors (Lipinski definition) is 1. The predicted octanol–water partition coefficient (Wildman–Crippen LogP) is 2.99. The van der Waals surface area contributed by atoms with Crippen LogP contribution in [0.1, 0.15) is 24.5 Å². The molecule has 0 bridgehead atoms. The molecule has 1 unspecified atom stereocenters. The van der Waals surface area contributed by atoms with Gasteiger partial charge >= 0.3 is 6.18 Å². The van der Waals surface area contributed by atoms with Gasteiger partial charge in [0.05, 0.1) is 5.56 Å². The van der Waals surface area contributed by atoms with Crippen LogP contribution in [0.3, 0.4) is 0 Å². The van der Waals surface area contributed by atoms with Gasteiger partial charge in [-0.15, -0.1) is 11.8 Å². The first-order chi connectivity index (χ1) is 7.93. The summed E-state index contributed by atoms with van der Waals surface area (Å²) in [5.74, 6) is 5.53. The average Bonchev–Trinajstić information content (AvgIpc) is 2.25. The van der Waals surface area contributed by atoms with Gasteiger partial charge in [-0.05, 0) is 25.0 Å². The molecule has 1 aromatic rings. The SMILES string of the molecule is CC#CCC(N)Cc1cccc(C(F)(F)F)c1. The summed E-state index contributed by atoms with van der Waals surface area (Å²) in [6.07, 6.45) is -3.41. The molecule has 1 rings (SSSR count). The number of halogens is 3. The Labute approximate surface area is 98.8 Å². The van der Waals surface area contributed by atoms with Crippen LogP contribution in [-0.4, -0.2) is 6.04 Å². The van der Waals surface area contributed by atoms with Gasteiger partial charge in [0.15, 0.2) is 0 Å². The van der Waals surface area contributed by atoms with E-state index in [0.29, 0.717) is 18.4 Å². The predicted molar refractivity (Wildman–Crippen MR) is 61.2 cm³/mol. The van der Waals surface area contributed by atoms with E-state index >= 15 is 0 Å². The second kappa shape index (κ2) is 5.74. The minimum atomic E-state index is -4.30. The van der Waals surface area contributed by atoms with Gasteiger partial charge in [0.1, 0.15) is 0 Å². The maximum atomic E-state index is 12.5. The monoisotopic (exact) mass is 241 g/mol. The molecule has 0 spiro atoms. The average molecular weight is 241 g/mol. The minimum Gasteiger partial charge on any atom is -0.327 e. The Morgan fingerprint density at radius 1 is 1.35 bits per heavy atom. The maximum Gasteiger partial charge on any atom is 0.416 e. The Hall–Kier alpha value is -1.47. The van der Waals surface area contributed by atoms with E-state index in [-0.39, 0.29) is 6.04 Å². The van der Waals surface area contributed by atoms with Crippen LogP contribution >= 0.6 is 0 Å². The molecular formula is C13H14F3N. The second-order valence-electron chi connectivity index (χ2n) is 3.79. The van der Waals surface area contributed by atoms with Crippen molar-refractivity contribution in [2.45, 2.75) is 32.0 Å². The third-order valence-electron chi connectivity index (χ3n) is 2.29. The van der Waals surface area contributed by atoms with E-state index in [9.17, 15) is 13.2 Å². The minimum absolute atomic E-state index is 0.231. The first-order valence-corrected chi connectivity index (χ1v) is 5.25. The lowest BCUT2D eigenvalue weighted by Crippen LogP contribution is -2.22. The van der Waals surface area contributed by atoms with Crippen LogP contribution in [0.25, 0.3) is 0 Å². The van der Waals surface area contributed by atoms with Crippen molar-refractivity contribution in [3.63, 3.8) is 0 Å². The van der Waals surface area contributed by atoms with Crippen molar-refractivity contribution >= 4 is 0 Å². The highest BCUT2D eigenvalue weighted by Crippen LogP contribution is 2.29. The lowest BCUT2D eigenvalue weighted by atomic mass is 10.0. The molecule has 0 aliphatic rings. The molecule has 0 aliphatic carbocycles. The molecule has 1 nitrogen and oxygen atoms in total. The first kappa shape index (κ1) is 13.6. The van der Waals surface area contributed by atoms with Gasteiger partial charge in [-0.1, -0.05) is 18.2 Å². The molecule has 2 N–H and O–H groups in total. The summed E-state index contributed by atoms with van der Waals surface area (Å²) >= 11 is 0. The Morgan fingerprint density at radius 2 is 2.06 bits per heavy atom. The molecule has 0 saturated heterocycles. The molecule has 92 valence electrons. The van der Waals surface area contributed by atoms with Crippen LogP contribution in [0.4, 0.5) is 13.2 Å². The van der Waals surface area contributed by atoms with Gasteiger partial charge in [-0.25, -0.2) is 0 Å². The summed E-state index contributed by atoms with van der Waals surface area (Å²) in [5, 5.41) is 0. The summed E-state index contributed by atoms with van der Waals surface area (Å²) < 4.78 is 37.4. The van der Waals surface area contributed by atoms with Gasteiger partial charge in [0.2, 0.25) is 0 Å². The summed E-state index contributed by atoms with van der Waals surface area (Å²) in [6.45, 7) is 1.71. The van der Waals surface area contributed by atoms with Crippen molar-refractivity contribution in [3.8, 4) is 11.8 Å². The number of rotatable bonds is 3. The molecule has 1 atom stereocenters. The molecular weight excluding hydrogens is 227 g/mol. The fourth-order valence-corrected chi connectivity index (χ4v) is 1.48. The molecule has 0 radical (unpaired) electrons. The first-order valence-electron chi connectivity index (χ1n) is 5.25. The largest absolute Gasteiger partial charge is 0.416 e. The molecule has 0 heterocycles. The summed E-state index contributed by atoms with van der Waals surface area (Å²) in [7, 11) is 0. The number of nitrogens with two attached hydrogens (primary N) is 1. The zero-order valence-corrected chi connectivity index (χ0v) is 9.51. The van der Waals surface area contributed by atoms with E-state index in [2.05, 4.69) is 11.8 Å². The van der Waals surface area contributed by atoms with Crippen molar-refractivity contribution in [2.24, 2.45) is 5.73 Å². The fourth-order valence-electron chi connectivity index (χ4n) is 1.48. The van der Waals surface area contributed by atoms with Crippen LogP contribution in [0.5, 0.6) is 0 Å². The lowest BCUT2D eigenvalue weighted by molar-refractivity contribution is -0.137. The highest BCUT2D eigenvalue weighted by molar-refractivity contribution is 5.26. The fraction of sp³-hybridized carbons (Fsp3) is 0.385. The van der Waals surface area contributed by atoms with E-state index in [1.54, 1.807) is 13.0 Å². The molecule has 17 heavy (non-hydrogen) atoms. The highest BCUT2D eigenvalue weighted by atomic mass is 19.4. The van der Waals surface area contributed by atoms with Crippen LogP contribution in [0, 0.1) is 11.8 Å². The molecule has 1 aromatic carbocycles. The molecule has 0 saturated carbocycles. The van der Waals surface area contributed by atoms with E-state index < -0.39 is 11.7 Å². The van der Waals surface area contributed by atoms with Crippen LogP contribution in [0.2, 0.25) is 0 Å². The van der Waals surface area contributed by atoms with Crippen molar-refractivity contribution < 1.29 is 13.2 Å². The summed E-state index contributed by atoms with van der Waals surface area (Å²) in [5.41, 5.74) is 5.72. The summed E-state index contributed by atoms with van der Waals surface area (Å²) in [6, 6.07) is 5.01. The Bertz CT molecular complexity index is 426. The van der Waals surface area contributed by atoms with E-state index in [1.165, 1.54) is 6.07 Å². The van der Waals surface area contributed by atoms with Gasteiger partial charge in [0, 0.05) is 12.5 Å². The summed E-state index contributed by atoms with van der Waals surface area (Å²) in [4.78, 5) is 0. The Morgan fingerprint density at radius 3 is 2.65 bits per heavy atom. The zero-order chi connectivity index (χ0) is 12.9. The van der Waals surface area contributed by atoms with Crippen molar-refractivity contribution in [3.05, 3.63) is 35.4 Å². The van der Waals surface area contributed by atoms with Crippen molar-refractivity contribution in [1.82, 2.24) is 0 Å². The van der Waals surface area contributed by atoms with Gasteiger partial charge in [0.25, 0.3) is 0 Å². The topological polar surface area (TPSA) is 26.0 Å². The number of hydrogen-bond acceptors (Lipinski definition) is 1. The van der Waals surface area contributed by atoms with Crippen LogP contribution < -0.4 is 5.73 Å². The molecule has 0 amide bonds. The number of benzene rings is 1. The normalized spacial score (nSPS) is 12.8. The van der Waals surface area contributed by atoms with Crippen LogP contribution in [-0.2, 0) is 12.6 Å².